The van der Waals surface area contributed by atoms with Gasteiger partial charge in [-0.15, -0.1) is 0 Å². The first-order chi connectivity index (χ1) is 9.51. The molecule has 2 rings (SSSR count). The molecule has 2 N–H and O–H groups in total. The fourth-order valence-corrected chi connectivity index (χ4v) is 2.47. The van der Waals surface area contributed by atoms with Crippen LogP contribution in [-0.2, 0) is 6.54 Å². The zero-order valence-electron chi connectivity index (χ0n) is 11.1. The molecule has 0 saturated heterocycles. The van der Waals surface area contributed by atoms with Gasteiger partial charge >= 0.3 is 0 Å². The molecule has 4 nitrogen and oxygen atoms in total. The van der Waals surface area contributed by atoms with Gasteiger partial charge in [0.05, 0.1) is 11.0 Å². The minimum atomic E-state index is -0.0847. The molecule has 1 heterocycles. The van der Waals surface area contributed by atoms with E-state index >= 15 is 0 Å². The Morgan fingerprint density at radius 3 is 2.60 bits per heavy atom. The number of carbonyl (C=O) groups is 1. The van der Waals surface area contributed by atoms with E-state index in [4.69, 9.17) is 4.42 Å². The van der Waals surface area contributed by atoms with Crippen molar-refractivity contribution in [2.75, 3.05) is 12.4 Å². The Hall–Kier alpha value is -1.27. The van der Waals surface area contributed by atoms with Gasteiger partial charge in [-0.25, -0.2) is 0 Å². The number of furan rings is 1. The number of amides is 1. The van der Waals surface area contributed by atoms with Gasteiger partial charge in [-0.3, -0.25) is 4.79 Å². The molecule has 0 atom stereocenters. The number of carbonyl (C=O) groups excluding carboxylic acids is 1. The summed E-state index contributed by atoms with van der Waals surface area (Å²) in [4.78, 5) is 11.5. The molecule has 0 aliphatic carbocycles. The standard InChI is InChI=1S/C14H14Br2N2O2/c1-8-5-9(14(19)17-2)3-4-12(8)18-7-10-6-11(15)13(16)20-10/h3-6,18H,7H2,1-2H3,(H,17,19). The number of benzene rings is 1. The van der Waals surface area contributed by atoms with Crippen LogP contribution in [0, 0.1) is 6.92 Å². The van der Waals surface area contributed by atoms with E-state index in [0.29, 0.717) is 16.8 Å². The molecule has 1 aromatic carbocycles. The van der Waals surface area contributed by atoms with Crippen molar-refractivity contribution in [3.63, 3.8) is 0 Å². The fraction of sp³-hybridized carbons (Fsp3) is 0.214. The maximum Gasteiger partial charge on any atom is 0.251 e. The van der Waals surface area contributed by atoms with Crippen molar-refractivity contribution in [3.05, 3.63) is 50.3 Å². The third-order valence-electron chi connectivity index (χ3n) is 2.86. The molecule has 0 saturated carbocycles. The highest BCUT2D eigenvalue weighted by Gasteiger charge is 2.08. The van der Waals surface area contributed by atoms with Gasteiger partial charge in [0.2, 0.25) is 0 Å². The first-order valence-electron chi connectivity index (χ1n) is 6.01. The summed E-state index contributed by atoms with van der Waals surface area (Å²) in [5.74, 6) is 0.733. The predicted molar refractivity (Wildman–Crippen MR) is 86.0 cm³/mol. The van der Waals surface area contributed by atoms with Crippen LogP contribution in [0.2, 0.25) is 0 Å². The van der Waals surface area contributed by atoms with E-state index in [2.05, 4.69) is 42.5 Å². The van der Waals surface area contributed by atoms with Crippen molar-refractivity contribution in [3.8, 4) is 0 Å². The van der Waals surface area contributed by atoms with Gasteiger partial charge < -0.3 is 15.1 Å². The number of hydrogen-bond acceptors (Lipinski definition) is 3. The van der Waals surface area contributed by atoms with Crippen LogP contribution in [0.3, 0.4) is 0 Å². The second-order valence-corrected chi connectivity index (χ2v) is 5.87. The maximum absolute atomic E-state index is 11.5. The van der Waals surface area contributed by atoms with E-state index in [0.717, 1.165) is 21.5 Å². The molecule has 0 fully saturated rings. The molecule has 0 aliphatic rings. The summed E-state index contributed by atoms with van der Waals surface area (Å²) >= 11 is 6.68. The third-order valence-corrected chi connectivity index (χ3v) is 4.58. The molecule has 6 heteroatoms. The molecular formula is C14H14Br2N2O2. The summed E-state index contributed by atoms with van der Waals surface area (Å²) < 4.78 is 7.07. The van der Waals surface area contributed by atoms with Crippen LogP contribution >= 0.6 is 31.9 Å². The zero-order chi connectivity index (χ0) is 14.7. The first kappa shape index (κ1) is 15.1. The summed E-state index contributed by atoms with van der Waals surface area (Å²) in [5, 5.41) is 5.90. The lowest BCUT2D eigenvalue weighted by Gasteiger charge is -2.09. The van der Waals surface area contributed by atoms with Gasteiger partial charge in [0.15, 0.2) is 4.67 Å². The Bertz CT molecular complexity index is 619. The largest absolute Gasteiger partial charge is 0.451 e. The predicted octanol–water partition coefficient (Wildman–Crippen LogP) is 4.08. The summed E-state index contributed by atoms with van der Waals surface area (Å²) in [6.07, 6.45) is 0. The molecule has 0 radical (unpaired) electrons. The molecular weight excluding hydrogens is 388 g/mol. The second-order valence-electron chi connectivity index (χ2n) is 4.30. The van der Waals surface area contributed by atoms with Crippen LogP contribution in [0.15, 0.2) is 37.8 Å². The number of rotatable bonds is 4. The van der Waals surface area contributed by atoms with Crippen molar-refractivity contribution in [1.82, 2.24) is 5.32 Å². The highest BCUT2D eigenvalue weighted by molar-refractivity contribution is 9.13. The molecule has 1 aromatic heterocycles. The summed E-state index contributed by atoms with van der Waals surface area (Å²) in [6, 6.07) is 7.45. The van der Waals surface area contributed by atoms with Crippen molar-refractivity contribution < 1.29 is 9.21 Å². The van der Waals surface area contributed by atoms with Gasteiger partial charge in [-0.1, -0.05) is 0 Å². The van der Waals surface area contributed by atoms with Gasteiger partial charge in [0, 0.05) is 18.3 Å². The highest BCUT2D eigenvalue weighted by atomic mass is 79.9. The lowest BCUT2D eigenvalue weighted by molar-refractivity contribution is 0.0963. The average Bonchev–Trinajstić information content (AvgIpc) is 2.75. The topological polar surface area (TPSA) is 54.3 Å². The van der Waals surface area contributed by atoms with E-state index in [1.807, 2.05) is 25.1 Å². The Morgan fingerprint density at radius 2 is 2.05 bits per heavy atom. The Balaban J connectivity index is 2.08. The van der Waals surface area contributed by atoms with E-state index < -0.39 is 0 Å². The first-order valence-corrected chi connectivity index (χ1v) is 7.60. The number of aryl methyl sites for hydroxylation is 1. The SMILES string of the molecule is CNC(=O)c1ccc(NCc2cc(Br)c(Br)o2)c(C)c1. The van der Waals surface area contributed by atoms with E-state index in [1.165, 1.54) is 0 Å². The maximum atomic E-state index is 11.5. The van der Waals surface area contributed by atoms with Crippen molar-refractivity contribution in [1.29, 1.82) is 0 Å². The van der Waals surface area contributed by atoms with Crippen LogP contribution in [0.25, 0.3) is 0 Å². The smallest absolute Gasteiger partial charge is 0.251 e. The fourth-order valence-electron chi connectivity index (χ4n) is 1.81. The zero-order valence-corrected chi connectivity index (χ0v) is 14.3. The van der Waals surface area contributed by atoms with E-state index in [-0.39, 0.29) is 5.91 Å². The van der Waals surface area contributed by atoms with Crippen LogP contribution < -0.4 is 10.6 Å². The van der Waals surface area contributed by atoms with Gasteiger partial charge in [0.25, 0.3) is 5.91 Å². The third kappa shape index (κ3) is 3.43. The lowest BCUT2D eigenvalue weighted by atomic mass is 10.1. The average molecular weight is 402 g/mol. The summed E-state index contributed by atoms with van der Waals surface area (Å²) in [6.45, 7) is 2.53. The minimum absolute atomic E-state index is 0.0847. The molecule has 106 valence electrons. The monoisotopic (exact) mass is 400 g/mol. The molecule has 0 spiro atoms. The summed E-state index contributed by atoms with van der Waals surface area (Å²) in [7, 11) is 1.62. The lowest BCUT2D eigenvalue weighted by Crippen LogP contribution is -2.17. The number of nitrogens with one attached hydrogen (secondary N) is 2. The normalized spacial score (nSPS) is 10.4. The van der Waals surface area contributed by atoms with Crippen molar-refractivity contribution >= 4 is 43.5 Å². The van der Waals surface area contributed by atoms with Gasteiger partial charge in [-0.05, 0) is 68.6 Å². The molecule has 0 unspecified atom stereocenters. The van der Waals surface area contributed by atoms with E-state index in [1.54, 1.807) is 13.1 Å². The van der Waals surface area contributed by atoms with Crippen LogP contribution in [0.1, 0.15) is 21.7 Å². The number of halogens is 2. The summed E-state index contributed by atoms with van der Waals surface area (Å²) in [5.41, 5.74) is 2.64. The Labute approximate surface area is 134 Å². The molecule has 1 amide bonds. The highest BCUT2D eigenvalue weighted by Crippen LogP contribution is 2.27. The van der Waals surface area contributed by atoms with Crippen LogP contribution in [-0.4, -0.2) is 13.0 Å². The van der Waals surface area contributed by atoms with Gasteiger partial charge in [0.1, 0.15) is 5.76 Å². The van der Waals surface area contributed by atoms with Crippen LogP contribution in [0.5, 0.6) is 0 Å². The quantitative estimate of drug-likeness (QED) is 0.811. The van der Waals surface area contributed by atoms with Crippen molar-refractivity contribution in [2.45, 2.75) is 13.5 Å². The molecule has 0 bridgehead atoms. The van der Waals surface area contributed by atoms with Gasteiger partial charge in [-0.2, -0.15) is 0 Å². The second kappa shape index (κ2) is 6.45. The molecule has 2 aromatic rings. The molecule has 0 aliphatic heterocycles. The Kier molecular flexibility index (Phi) is 4.88. The number of hydrogen-bond donors (Lipinski definition) is 2. The van der Waals surface area contributed by atoms with Crippen LogP contribution in [0.4, 0.5) is 5.69 Å². The van der Waals surface area contributed by atoms with E-state index in [9.17, 15) is 4.79 Å². The number of anilines is 1. The van der Waals surface area contributed by atoms with Crippen molar-refractivity contribution in [2.24, 2.45) is 0 Å². The Morgan fingerprint density at radius 1 is 1.30 bits per heavy atom. The minimum Gasteiger partial charge on any atom is -0.451 e. The molecule has 20 heavy (non-hydrogen) atoms.